The molecule has 0 spiro atoms. The zero-order valence-electron chi connectivity index (χ0n) is 10.5. The number of carboxylic acid groups (broad SMARTS) is 1. The first-order valence-corrected chi connectivity index (χ1v) is 5.54. The lowest BCUT2D eigenvalue weighted by molar-refractivity contribution is 0.155. The molecule has 2 rings (SSSR count). The van der Waals surface area contributed by atoms with E-state index in [4.69, 9.17) is 0 Å². The Kier molecular flexibility index (Phi) is 2.39. The van der Waals surface area contributed by atoms with Crippen LogP contribution in [0.2, 0.25) is 0 Å². The number of fused-ring (bicyclic) bond motifs is 1. The summed E-state index contributed by atoms with van der Waals surface area (Å²) in [5.74, 6) is 0.470. The van der Waals surface area contributed by atoms with E-state index in [1.807, 2.05) is 19.1 Å². The van der Waals surface area contributed by atoms with Gasteiger partial charge in [-0.05, 0) is 18.4 Å². The van der Waals surface area contributed by atoms with Crippen molar-refractivity contribution < 1.29 is 9.90 Å². The lowest BCUT2D eigenvalue weighted by atomic mass is 9.72. The van der Waals surface area contributed by atoms with Crippen molar-refractivity contribution in [3.05, 3.63) is 23.9 Å². The maximum atomic E-state index is 11.2. The second-order valence-corrected chi connectivity index (χ2v) is 5.48. The van der Waals surface area contributed by atoms with Gasteiger partial charge < -0.3 is 5.11 Å². The fraction of sp³-hybridized carbons (Fsp3) is 0.500. The van der Waals surface area contributed by atoms with Crippen molar-refractivity contribution >= 4 is 11.9 Å². The van der Waals surface area contributed by atoms with Gasteiger partial charge in [-0.3, -0.25) is 0 Å². The highest BCUT2D eigenvalue weighted by Gasteiger charge is 2.49. The summed E-state index contributed by atoms with van der Waals surface area (Å²) in [6.45, 7) is 8.21. The van der Waals surface area contributed by atoms with Gasteiger partial charge in [-0.2, -0.15) is 5.01 Å². The van der Waals surface area contributed by atoms with Gasteiger partial charge in [0.25, 0.3) is 0 Å². The Balaban J connectivity index is 2.60. The predicted octanol–water partition coefficient (Wildman–Crippen LogP) is 2.35. The van der Waals surface area contributed by atoms with Crippen molar-refractivity contribution in [1.82, 2.24) is 10.4 Å². The Morgan fingerprint density at radius 2 is 2.18 bits per heavy atom. The third-order valence-corrected chi connectivity index (χ3v) is 3.56. The molecule has 1 unspecified atom stereocenters. The second kappa shape index (κ2) is 3.43. The zero-order chi connectivity index (χ0) is 12.8. The number of aromatic nitrogens is 1. The molecule has 92 valence electrons. The Hall–Kier alpha value is -1.62. The van der Waals surface area contributed by atoms with E-state index in [2.05, 4.69) is 31.2 Å². The summed E-state index contributed by atoms with van der Waals surface area (Å²) in [7, 11) is 0. The third kappa shape index (κ3) is 1.58. The quantitative estimate of drug-likeness (QED) is 0.724. The number of hydrazine groups is 1. The molecule has 1 aliphatic heterocycles. The van der Waals surface area contributed by atoms with E-state index in [0.717, 1.165) is 10.6 Å². The molecule has 0 fully saturated rings. The number of nitrogens with one attached hydrogen (secondary N) is 1. The molecule has 0 saturated heterocycles. The van der Waals surface area contributed by atoms with Crippen molar-refractivity contribution in [2.24, 2.45) is 5.41 Å². The van der Waals surface area contributed by atoms with Crippen LogP contribution in [0.5, 0.6) is 0 Å². The van der Waals surface area contributed by atoms with Gasteiger partial charge in [0.05, 0.1) is 5.54 Å². The minimum Gasteiger partial charge on any atom is -0.464 e. The number of hydrogen-bond donors (Lipinski definition) is 2. The number of rotatable bonds is 0. The van der Waals surface area contributed by atoms with Crippen molar-refractivity contribution in [3.63, 3.8) is 0 Å². The topological polar surface area (TPSA) is 65.5 Å². The van der Waals surface area contributed by atoms with E-state index in [1.165, 1.54) is 0 Å². The minimum atomic E-state index is -1.04. The van der Waals surface area contributed by atoms with E-state index in [1.54, 1.807) is 6.20 Å². The van der Waals surface area contributed by atoms with Gasteiger partial charge in [0.1, 0.15) is 0 Å². The highest BCUT2D eigenvalue weighted by atomic mass is 16.4. The van der Waals surface area contributed by atoms with Crippen LogP contribution in [0.25, 0.3) is 0 Å². The molecule has 0 radical (unpaired) electrons. The summed E-state index contributed by atoms with van der Waals surface area (Å²) in [5.41, 5.74) is 3.38. The SMILES string of the molecule is CC(C)(C)C1(C)NN(C(=O)O)c2ncccc21. The van der Waals surface area contributed by atoms with Gasteiger partial charge in [0.15, 0.2) is 5.82 Å². The van der Waals surface area contributed by atoms with Crippen LogP contribution in [0.3, 0.4) is 0 Å². The Labute approximate surface area is 100 Å². The number of pyridine rings is 1. The van der Waals surface area contributed by atoms with Crippen LogP contribution in [-0.4, -0.2) is 16.2 Å². The highest BCUT2D eigenvalue weighted by molar-refractivity contribution is 5.87. The molecule has 0 saturated carbocycles. The molecule has 0 aromatic carbocycles. The molecule has 1 aromatic rings. The smallest absolute Gasteiger partial charge is 0.427 e. The highest BCUT2D eigenvalue weighted by Crippen LogP contribution is 2.46. The van der Waals surface area contributed by atoms with Crippen LogP contribution in [0.4, 0.5) is 10.6 Å². The molecule has 1 atom stereocenters. The van der Waals surface area contributed by atoms with Gasteiger partial charge in [0, 0.05) is 11.8 Å². The first kappa shape index (κ1) is 11.9. The summed E-state index contributed by atoms with van der Waals surface area (Å²) < 4.78 is 0. The molecule has 1 aliphatic rings. The fourth-order valence-corrected chi connectivity index (χ4v) is 2.01. The molecule has 0 bridgehead atoms. The van der Waals surface area contributed by atoms with Crippen LogP contribution in [0.1, 0.15) is 33.3 Å². The van der Waals surface area contributed by atoms with Crippen molar-refractivity contribution in [3.8, 4) is 0 Å². The average molecular weight is 235 g/mol. The molecule has 17 heavy (non-hydrogen) atoms. The predicted molar refractivity (Wildman–Crippen MR) is 64.7 cm³/mol. The first-order valence-electron chi connectivity index (χ1n) is 5.54. The van der Waals surface area contributed by atoms with Gasteiger partial charge in [-0.1, -0.05) is 26.8 Å². The van der Waals surface area contributed by atoms with Crippen molar-refractivity contribution in [1.29, 1.82) is 0 Å². The maximum absolute atomic E-state index is 11.2. The Morgan fingerprint density at radius 1 is 1.53 bits per heavy atom. The van der Waals surface area contributed by atoms with E-state index in [-0.39, 0.29) is 5.41 Å². The standard InChI is InChI=1S/C12H17N3O2/c1-11(2,3)12(4)8-6-5-7-13-9(8)15(14-12)10(16)17/h5-7,14H,1-4H3,(H,16,17). The molecule has 1 amide bonds. The number of anilines is 1. The number of hydrogen-bond acceptors (Lipinski definition) is 3. The van der Waals surface area contributed by atoms with Crippen LogP contribution in [0.15, 0.2) is 18.3 Å². The lowest BCUT2D eigenvalue weighted by Gasteiger charge is -2.39. The summed E-state index contributed by atoms with van der Waals surface area (Å²) in [5, 5.41) is 10.3. The van der Waals surface area contributed by atoms with Gasteiger partial charge in [0.2, 0.25) is 0 Å². The maximum Gasteiger partial charge on any atom is 0.427 e. The number of carbonyl (C=O) groups is 1. The number of nitrogens with zero attached hydrogens (tertiary/aromatic N) is 2. The molecule has 0 aliphatic carbocycles. The molecule has 2 heterocycles. The Morgan fingerprint density at radius 3 is 2.71 bits per heavy atom. The van der Waals surface area contributed by atoms with E-state index >= 15 is 0 Å². The van der Waals surface area contributed by atoms with Crippen molar-refractivity contribution in [2.75, 3.05) is 5.01 Å². The van der Waals surface area contributed by atoms with Crippen LogP contribution >= 0.6 is 0 Å². The normalized spacial score (nSPS) is 23.6. The number of amides is 1. The zero-order valence-corrected chi connectivity index (χ0v) is 10.5. The second-order valence-electron chi connectivity index (χ2n) is 5.48. The summed E-state index contributed by atoms with van der Waals surface area (Å²) in [4.78, 5) is 15.4. The summed E-state index contributed by atoms with van der Waals surface area (Å²) in [6.07, 6.45) is 0.558. The largest absolute Gasteiger partial charge is 0.464 e. The van der Waals surface area contributed by atoms with Gasteiger partial charge >= 0.3 is 6.09 Å². The average Bonchev–Trinajstić information content (AvgIpc) is 2.54. The molecular formula is C12H17N3O2. The van der Waals surface area contributed by atoms with E-state index in [9.17, 15) is 9.90 Å². The van der Waals surface area contributed by atoms with E-state index < -0.39 is 11.6 Å². The molecule has 5 heteroatoms. The summed E-state index contributed by atoms with van der Waals surface area (Å²) >= 11 is 0. The molecular weight excluding hydrogens is 218 g/mol. The fourth-order valence-electron chi connectivity index (χ4n) is 2.01. The summed E-state index contributed by atoms with van der Waals surface area (Å²) in [6, 6.07) is 3.75. The van der Waals surface area contributed by atoms with Crippen LogP contribution in [-0.2, 0) is 5.54 Å². The monoisotopic (exact) mass is 235 g/mol. The van der Waals surface area contributed by atoms with E-state index in [0.29, 0.717) is 5.82 Å². The first-order chi connectivity index (χ1) is 7.77. The third-order valence-electron chi connectivity index (χ3n) is 3.56. The Bertz CT molecular complexity index is 467. The van der Waals surface area contributed by atoms with Crippen LogP contribution in [0, 0.1) is 5.41 Å². The van der Waals surface area contributed by atoms with Gasteiger partial charge in [-0.15, -0.1) is 0 Å². The lowest BCUT2D eigenvalue weighted by Crippen LogP contribution is -2.53. The molecule has 1 aromatic heterocycles. The molecule has 5 nitrogen and oxygen atoms in total. The minimum absolute atomic E-state index is 0.130. The van der Waals surface area contributed by atoms with Gasteiger partial charge in [-0.25, -0.2) is 15.2 Å². The van der Waals surface area contributed by atoms with Crippen LogP contribution < -0.4 is 10.4 Å². The molecule has 2 N–H and O–H groups in total. The van der Waals surface area contributed by atoms with Crippen molar-refractivity contribution in [2.45, 2.75) is 33.2 Å².